The van der Waals surface area contributed by atoms with Gasteiger partial charge in [-0.2, -0.15) is 0 Å². The average Bonchev–Trinajstić information content (AvgIpc) is 2.37. The standard InChI is InChI=1S/C16H28O3/c1-12(2)14-11-16(17,7-9-18-14)13-4-8-19-15(10-13)5-3-6-15/h12-14,17H,3-11H2,1-2H3. The molecule has 2 aliphatic heterocycles. The molecule has 1 spiro atoms. The fourth-order valence-electron chi connectivity index (χ4n) is 4.10. The van der Waals surface area contributed by atoms with Crippen LogP contribution in [0.25, 0.3) is 0 Å². The van der Waals surface area contributed by atoms with Gasteiger partial charge in [-0.25, -0.2) is 0 Å². The van der Waals surface area contributed by atoms with Gasteiger partial charge in [0, 0.05) is 19.6 Å². The van der Waals surface area contributed by atoms with Crippen LogP contribution in [0.1, 0.15) is 58.8 Å². The van der Waals surface area contributed by atoms with Gasteiger partial charge in [0.25, 0.3) is 0 Å². The SMILES string of the molecule is CC(C)C1CC(O)(C2CCOC3(CCC3)C2)CCO1. The monoisotopic (exact) mass is 268 g/mol. The summed E-state index contributed by atoms with van der Waals surface area (Å²) in [5.41, 5.74) is -0.385. The quantitative estimate of drug-likeness (QED) is 0.837. The predicted molar refractivity (Wildman–Crippen MR) is 74.0 cm³/mol. The zero-order valence-corrected chi connectivity index (χ0v) is 12.4. The fourth-order valence-corrected chi connectivity index (χ4v) is 4.10. The van der Waals surface area contributed by atoms with Gasteiger partial charge in [0.05, 0.1) is 17.3 Å². The molecule has 1 aliphatic carbocycles. The summed E-state index contributed by atoms with van der Waals surface area (Å²) in [4.78, 5) is 0. The van der Waals surface area contributed by atoms with Gasteiger partial charge in [0.1, 0.15) is 0 Å². The van der Waals surface area contributed by atoms with Crippen molar-refractivity contribution in [1.82, 2.24) is 0 Å². The van der Waals surface area contributed by atoms with Gasteiger partial charge in [-0.1, -0.05) is 13.8 Å². The first-order chi connectivity index (χ1) is 9.03. The first kappa shape index (κ1) is 13.8. The first-order valence-corrected chi connectivity index (χ1v) is 8.01. The maximum atomic E-state index is 11.1. The van der Waals surface area contributed by atoms with Crippen molar-refractivity contribution in [1.29, 1.82) is 0 Å². The van der Waals surface area contributed by atoms with E-state index in [1.54, 1.807) is 0 Å². The van der Waals surface area contributed by atoms with Gasteiger partial charge >= 0.3 is 0 Å². The molecule has 0 bridgehead atoms. The lowest BCUT2D eigenvalue weighted by atomic mass is 9.65. The molecule has 3 atom stereocenters. The minimum Gasteiger partial charge on any atom is -0.389 e. The van der Waals surface area contributed by atoms with Crippen molar-refractivity contribution in [2.75, 3.05) is 13.2 Å². The molecule has 110 valence electrons. The van der Waals surface area contributed by atoms with Crippen LogP contribution >= 0.6 is 0 Å². The Morgan fingerprint density at radius 3 is 2.53 bits per heavy atom. The average molecular weight is 268 g/mol. The van der Waals surface area contributed by atoms with Crippen LogP contribution in [0.4, 0.5) is 0 Å². The van der Waals surface area contributed by atoms with Crippen LogP contribution in [-0.2, 0) is 9.47 Å². The van der Waals surface area contributed by atoms with Crippen LogP contribution in [0.15, 0.2) is 0 Å². The molecule has 3 heteroatoms. The van der Waals surface area contributed by atoms with Gasteiger partial charge in [-0.05, 0) is 50.4 Å². The van der Waals surface area contributed by atoms with Gasteiger partial charge in [0.2, 0.25) is 0 Å². The first-order valence-electron chi connectivity index (χ1n) is 8.01. The molecule has 2 saturated heterocycles. The Bertz CT molecular complexity index is 324. The molecule has 0 radical (unpaired) electrons. The summed E-state index contributed by atoms with van der Waals surface area (Å²) in [5, 5.41) is 11.1. The Morgan fingerprint density at radius 2 is 1.89 bits per heavy atom. The Kier molecular flexibility index (Phi) is 3.65. The molecule has 3 aliphatic rings. The molecule has 3 rings (SSSR count). The molecule has 19 heavy (non-hydrogen) atoms. The third-order valence-corrected chi connectivity index (χ3v) is 5.68. The predicted octanol–water partition coefficient (Wildman–Crippen LogP) is 2.90. The van der Waals surface area contributed by atoms with E-state index in [-0.39, 0.29) is 11.7 Å². The van der Waals surface area contributed by atoms with Crippen molar-refractivity contribution in [3.8, 4) is 0 Å². The van der Waals surface area contributed by atoms with E-state index in [4.69, 9.17) is 9.47 Å². The zero-order valence-electron chi connectivity index (χ0n) is 12.4. The second-order valence-electron chi connectivity index (χ2n) is 7.29. The molecule has 0 aromatic heterocycles. The van der Waals surface area contributed by atoms with Crippen LogP contribution < -0.4 is 0 Å². The van der Waals surface area contributed by atoms with Gasteiger partial charge in [-0.15, -0.1) is 0 Å². The molecule has 0 amide bonds. The molecule has 1 saturated carbocycles. The fraction of sp³-hybridized carbons (Fsp3) is 1.00. The van der Waals surface area contributed by atoms with Crippen molar-refractivity contribution in [2.24, 2.45) is 11.8 Å². The third kappa shape index (κ3) is 2.57. The van der Waals surface area contributed by atoms with E-state index >= 15 is 0 Å². The minimum absolute atomic E-state index is 0.129. The Hall–Kier alpha value is -0.120. The summed E-state index contributed by atoms with van der Waals surface area (Å²) in [5.74, 6) is 0.899. The van der Waals surface area contributed by atoms with Crippen LogP contribution in [-0.4, -0.2) is 35.6 Å². The summed E-state index contributed by atoms with van der Waals surface area (Å²) >= 11 is 0. The molecular formula is C16H28O3. The topological polar surface area (TPSA) is 38.7 Å². The van der Waals surface area contributed by atoms with Gasteiger partial charge < -0.3 is 14.6 Å². The van der Waals surface area contributed by atoms with Crippen molar-refractivity contribution >= 4 is 0 Å². The van der Waals surface area contributed by atoms with Gasteiger partial charge in [0.15, 0.2) is 0 Å². The lowest BCUT2D eigenvalue weighted by Gasteiger charge is -2.52. The van der Waals surface area contributed by atoms with E-state index in [9.17, 15) is 5.11 Å². The van der Waals surface area contributed by atoms with Crippen LogP contribution in [0, 0.1) is 11.8 Å². The molecule has 2 heterocycles. The van der Waals surface area contributed by atoms with Crippen LogP contribution in [0.5, 0.6) is 0 Å². The number of aliphatic hydroxyl groups is 1. The summed E-state index contributed by atoms with van der Waals surface area (Å²) in [6.45, 7) is 5.92. The van der Waals surface area contributed by atoms with Gasteiger partial charge in [-0.3, -0.25) is 0 Å². The molecule has 3 unspecified atom stereocenters. The third-order valence-electron chi connectivity index (χ3n) is 5.68. The number of hydrogen-bond donors (Lipinski definition) is 1. The lowest BCUT2D eigenvalue weighted by molar-refractivity contribution is -0.202. The maximum Gasteiger partial charge on any atom is 0.0724 e. The largest absolute Gasteiger partial charge is 0.389 e. The zero-order chi connectivity index (χ0) is 13.5. The highest BCUT2D eigenvalue weighted by Gasteiger charge is 2.50. The Labute approximate surface area is 116 Å². The minimum atomic E-state index is -0.514. The molecule has 0 aromatic rings. The molecule has 1 N–H and O–H groups in total. The Morgan fingerprint density at radius 1 is 1.11 bits per heavy atom. The number of hydrogen-bond acceptors (Lipinski definition) is 3. The second kappa shape index (κ2) is 5.01. The maximum absolute atomic E-state index is 11.1. The highest BCUT2D eigenvalue weighted by atomic mass is 16.5. The van der Waals surface area contributed by atoms with Crippen molar-refractivity contribution in [2.45, 2.75) is 76.1 Å². The van der Waals surface area contributed by atoms with E-state index in [0.717, 1.165) is 32.3 Å². The van der Waals surface area contributed by atoms with E-state index < -0.39 is 5.60 Å². The number of ether oxygens (including phenoxy) is 2. The summed E-state index contributed by atoms with van der Waals surface area (Å²) in [6.07, 6.45) is 7.61. The summed E-state index contributed by atoms with van der Waals surface area (Å²) < 4.78 is 11.8. The normalized spacial score (nSPS) is 42.3. The highest BCUT2D eigenvalue weighted by Crippen LogP contribution is 2.49. The molecule has 3 nitrogen and oxygen atoms in total. The molecule has 0 aromatic carbocycles. The second-order valence-corrected chi connectivity index (χ2v) is 7.29. The molecule has 3 fully saturated rings. The summed E-state index contributed by atoms with van der Waals surface area (Å²) in [7, 11) is 0. The van der Waals surface area contributed by atoms with E-state index in [1.165, 1.54) is 19.3 Å². The number of rotatable bonds is 2. The van der Waals surface area contributed by atoms with E-state index in [1.807, 2.05) is 0 Å². The van der Waals surface area contributed by atoms with Crippen molar-refractivity contribution in [3.63, 3.8) is 0 Å². The lowest BCUT2D eigenvalue weighted by Crippen LogP contribution is -2.54. The highest BCUT2D eigenvalue weighted by molar-refractivity contribution is 5.01. The van der Waals surface area contributed by atoms with E-state index in [0.29, 0.717) is 18.4 Å². The van der Waals surface area contributed by atoms with Crippen molar-refractivity contribution in [3.05, 3.63) is 0 Å². The van der Waals surface area contributed by atoms with E-state index in [2.05, 4.69) is 13.8 Å². The van der Waals surface area contributed by atoms with Crippen LogP contribution in [0.2, 0.25) is 0 Å². The Balaban J connectivity index is 1.69. The van der Waals surface area contributed by atoms with Crippen molar-refractivity contribution < 1.29 is 14.6 Å². The molecular weight excluding hydrogens is 240 g/mol. The summed E-state index contributed by atoms with van der Waals surface area (Å²) in [6, 6.07) is 0. The smallest absolute Gasteiger partial charge is 0.0724 e. The van der Waals surface area contributed by atoms with Crippen LogP contribution in [0.3, 0.4) is 0 Å².